The van der Waals surface area contributed by atoms with Crippen LogP contribution in [-0.4, -0.2) is 17.9 Å². The maximum Gasteiger partial charge on any atom is 0.305 e. The second-order valence-corrected chi connectivity index (χ2v) is 10.4. The minimum Gasteiger partial charge on any atom is -0.462 e. The molecule has 146 valence electrons. The van der Waals surface area contributed by atoms with Crippen LogP contribution >= 0.6 is 0 Å². The molecule has 0 spiro atoms. The molecule has 4 aliphatic carbocycles. The molecule has 0 aliphatic heterocycles. The molecule has 0 unspecified atom stereocenters. The number of fused-ring (bicyclic) bond motifs is 5. The zero-order valence-corrected chi connectivity index (χ0v) is 17.1. The normalized spacial score (nSPS) is 50.5. The summed E-state index contributed by atoms with van der Waals surface area (Å²) in [7, 11) is 0. The van der Waals surface area contributed by atoms with Gasteiger partial charge in [0, 0.05) is 24.2 Å². The number of Topliss-reactive ketones (excluding diaryl/α,β-unsaturated/α-hetero) is 1. The van der Waals surface area contributed by atoms with E-state index in [2.05, 4.69) is 20.8 Å². The summed E-state index contributed by atoms with van der Waals surface area (Å²) in [6.45, 7) is 8.94. The fraction of sp³-hybridized carbons (Fsp3) is 0.913. The van der Waals surface area contributed by atoms with E-state index in [4.69, 9.17) is 4.74 Å². The molecule has 0 saturated heterocycles. The van der Waals surface area contributed by atoms with Crippen molar-refractivity contribution in [1.82, 2.24) is 0 Å². The predicted molar refractivity (Wildman–Crippen MR) is 101 cm³/mol. The second kappa shape index (κ2) is 6.34. The second-order valence-electron chi connectivity index (χ2n) is 10.4. The first-order chi connectivity index (χ1) is 12.3. The number of hydrogen-bond donors (Lipinski definition) is 0. The minimum absolute atomic E-state index is 0.0331. The molecule has 0 N–H and O–H groups in total. The van der Waals surface area contributed by atoms with Crippen molar-refractivity contribution >= 4 is 11.8 Å². The lowest BCUT2D eigenvalue weighted by molar-refractivity contribution is -0.165. The highest BCUT2D eigenvalue weighted by Crippen LogP contribution is 2.66. The Balaban J connectivity index is 1.57. The van der Waals surface area contributed by atoms with Gasteiger partial charge in [0.15, 0.2) is 0 Å². The van der Waals surface area contributed by atoms with Crippen LogP contribution in [0.25, 0.3) is 0 Å². The molecule has 0 aromatic carbocycles. The molecule has 3 heteroatoms. The van der Waals surface area contributed by atoms with E-state index in [0.29, 0.717) is 29.5 Å². The summed E-state index contributed by atoms with van der Waals surface area (Å²) in [6, 6.07) is 0. The average Bonchev–Trinajstić information content (AvgIpc) is 2.93. The van der Waals surface area contributed by atoms with Gasteiger partial charge in [-0.3, -0.25) is 9.59 Å². The fourth-order valence-corrected chi connectivity index (χ4v) is 7.79. The van der Waals surface area contributed by atoms with Crippen LogP contribution in [0.5, 0.6) is 0 Å². The molecule has 0 amide bonds. The smallest absolute Gasteiger partial charge is 0.305 e. The molecule has 3 nitrogen and oxygen atoms in total. The average molecular weight is 361 g/mol. The molecule has 26 heavy (non-hydrogen) atoms. The minimum atomic E-state index is -0.0331. The van der Waals surface area contributed by atoms with Gasteiger partial charge in [-0.05, 0) is 74.0 Å². The van der Waals surface area contributed by atoms with Gasteiger partial charge in [-0.1, -0.05) is 27.7 Å². The lowest BCUT2D eigenvalue weighted by Gasteiger charge is -2.60. The Kier molecular flexibility index (Phi) is 4.51. The lowest BCUT2D eigenvalue weighted by Crippen LogP contribution is -2.55. The summed E-state index contributed by atoms with van der Waals surface area (Å²) in [6.07, 6.45) is 9.72. The number of esters is 1. The van der Waals surface area contributed by atoms with E-state index < -0.39 is 0 Å². The van der Waals surface area contributed by atoms with E-state index in [-0.39, 0.29) is 23.4 Å². The highest BCUT2D eigenvalue weighted by atomic mass is 16.5. The van der Waals surface area contributed by atoms with Gasteiger partial charge in [-0.15, -0.1) is 0 Å². The number of rotatable bonds is 2. The van der Waals surface area contributed by atoms with Crippen LogP contribution < -0.4 is 0 Å². The van der Waals surface area contributed by atoms with E-state index in [9.17, 15) is 9.59 Å². The molecular weight excluding hydrogens is 324 g/mol. The van der Waals surface area contributed by atoms with E-state index >= 15 is 0 Å². The molecule has 0 radical (unpaired) electrons. The van der Waals surface area contributed by atoms with Gasteiger partial charge in [0.25, 0.3) is 0 Å². The Morgan fingerprint density at radius 2 is 1.81 bits per heavy atom. The lowest BCUT2D eigenvalue weighted by atomic mass is 9.44. The van der Waals surface area contributed by atoms with Gasteiger partial charge < -0.3 is 4.74 Å². The van der Waals surface area contributed by atoms with E-state index in [1.807, 2.05) is 6.92 Å². The first-order valence-corrected chi connectivity index (χ1v) is 11.0. The molecule has 4 aliphatic rings. The summed E-state index contributed by atoms with van der Waals surface area (Å²) >= 11 is 0. The number of carbonyl (C=O) groups is 2. The van der Waals surface area contributed by atoms with Gasteiger partial charge >= 0.3 is 5.97 Å². The topological polar surface area (TPSA) is 43.4 Å². The highest BCUT2D eigenvalue weighted by Gasteiger charge is 2.61. The molecule has 4 saturated carbocycles. The van der Waals surface area contributed by atoms with Crippen molar-refractivity contribution in [3.63, 3.8) is 0 Å². The van der Waals surface area contributed by atoms with Crippen molar-refractivity contribution in [2.45, 2.75) is 91.6 Å². The molecule has 0 heterocycles. The SMILES string of the molecule is CCC(=O)O[C@@H]1CC[C@@H]2[C@H]3CC[C@H]4CC(=O)[C@@H](C)C[C@]4(C)[C@@H]3CC[C@]21C. The maximum atomic E-state index is 12.3. The summed E-state index contributed by atoms with van der Waals surface area (Å²) in [5, 5.41) is 0. The predicted octanol–water partition coefficient (Wildman–Crippen LogP) is 5.17. The number of ketones is 1. The third kappa shape index (κ3) is 2.59. The van der Waals surface area contributed by atoms with Crippen LogP contribution in [-0.2, 0) is 14.3 Å². The van der Waals surface area contributed by atoms with Crippen LogP contribution in [0, 0.1) is 40.4 Å². The Hall–Kier alpha value is -0.860. The Morgan fingerprint density at radius 3 is 2.54 bits per heavy atom. The zero-order chi connectivity index (χ0) is 18.7. The van der Waals surface area contributed by atoms with Crippen molar-refractivity contribution < 1.29 is 14.3 Å². The first-order valence-electron chi connectivity index (χ1n) is 11.0. The summed E-state index contributed by atoms with van der Waals surface area (Å²) in [5.74, 6) is 3.53. The Bertz CT molecular complexity index is 598. The van der Waals surface area contributed by atoms with Gasteiger partial charge in [0.2, 0.25) is 0 Å². The molecule has 0 bridgehead atoms. The third-order valence-electron chi connectivity index (χ3n) is 9.28. The van der Waals surface area contributed by atoms with Crippen LogP contribution in [0.15, 0.2) is 0 Å². The third-order valence-corrected chi connectivity index (χ3v) is 9.28. The highest BCUT2D eigenvalue weighted by molar-refractivity contribution is 5.82. The molecule has 4 fully saturated rings. The summed E-state index contributed by atoms with van der Waals surface area (Å²) in [4.78, 5) is 24.2. The number of carbonyl (C=O) groups excluding carboxylic acids is 2. The molecule has 0 aromatic heterocycles. The molecule has 0 aromatic rings. The summed E-state index contributed by atoms with van der Waals surface area (Å²) in [5.41, 5.74) is 0.515. The van der Waals surface area contributed by atoms with Crippen LogP contribution in [0.2, 0.25) is 0 Å². The quantitative estimate of drug-likeness (QED) is 0.638. The van der Waals surface area contributed by atoms with Gasteiger partial charge in [-0.25, -0.2) is 0 Å². The van der Waals surface area contributed by atoms with Crippen LogP contribution in [0.3, 0.4) is 0 Å². The van der Waals surface area contributed by atoms with Crippen molar-refractivity contribution in [2.24, 2.45) is 40.4 Å². The van der Waals surface area contributed by atoms with E-state index in [1.165, 1.54) is 32.1 Å². The standard InChI is InChI=1S/C23H36O3/c1-5-21(25)26-20-9-8-17-16-7-6-15-12-19(24)14(2)13-23(15,4)18(16)10-11-22(17,20)3/h14-18,20H,5-13H2,1-4H3/t14-,15-,16+,17+,18+,20+,22+,23-/m0/s1. The first kappa shape index (κ1) is 18.5. The van der Waals surface area contributed by atoms with Crippen molar-refractivity contribution in [2.75, 3.05) is 0 Å². The maximum absolute atomic E-state index is 12.3. The number of ether oxygens (including phenoxy) is 1. The van der Waals surface area contributed by atoms with Crippen LogP contribution in [0.1, 0.15) is 85.5 Å². The van der Waals surface area contributed by atoms with Gasteiger partial charge in [-0.2, -0.15) is 0 Å². The molecule has 4 rings (SSSR count). The van der Waals surface area contributed by atoms with Crippen molar-refractivity contribution in [3.05, 3.63) is 0 Å². The zero-order valence-electron chi connectivity index (χ0n) is 17.1. The largest absolute Gasteiger partial charge is 0.462 e. The monoisotopic (exact) mass is 360 g/mol. The van der Waals surface area contributed by atoms with Crippen LogP contribution in [0.4, 0.5) is 0 Å². The van der Waals surface area contributed by atoms with Crippen molar-refractivity contribution in [1.29, 1.82) is 0 Å². The van der Waals surface area contributed by atoms with Gasteiger partial charge in [0.1, 0.15) is 11.9 Å². The molecular formula is C23H36O3. The fourth-order valence-electron chi connectivity index (χ4n) is 7.79. The Morgan fingerprint density at radius 1 is 1.08 bits per heavy atom. The number of hydrogen-bond acceptors (Lipinski definition) is 3. The Labute approximate surface area is 158 Å². The van der Waals surface area contributed by atoms with E-state index in [0.717, 1.165) is 31.1 Å². The van der Waals surface area contributed by atoms with Gasteiger partial charge in [0.05, 0.1) is 0 Å². The van der Waals surface area contributed by atoms with E-state index in [1.54, 1.807) is 0 Å². The van der Waals surface area contributed by atoms with Crippen molar-refractivity contribution in [3.8, 4) is 0 Å². The molecule has 8 atom stereocenters. The summed E-state index contributed by atoms with van der Waals surface area (Å²) < 4.78 is 5.89.